The van der Waals surface area contributed by atoms with E-state index in [4.69, 9.17) is 10.5 Å². The summed E-state index contributed by atoms with van der Waals surface area (Å²) in [4.78, 5) is 26.1. The summed E-state index contributed by atoms with van der Waals surface area (Å²) in [6, 6.07) is 8.62. The molecular weight excluding hydrogens is 530 g/mol. The molecule has 1 aliphatic heterocycles. The number of amidine groups is 1. The Morgan fingerprint density at radius 3 is 2.20 bits per heavy atom. The van der Waals surface area contributed by atoms with Gasteiger partial charge in [-0.15, -0.1) is 0 Å². The molecule has 4 heterocycles. The molecule has 5 rings (SSSR count). The maximum absolute atomic E-state index is 13.3. The number of ether oxygens (including phenoxy) is 1. The molecule has 1 amide bonds. The van der Waals surface area contributed by atoms with Crippen LogP contribution >= 0.6 is 0 Å². The molecule has 0 radical (unpaired) electrons. The Morgan fingerprint density at radius 2 is 1.65 bits per heavy atom. The number of nitrogens with zero attached hydrogens (tertiary/aromatic N) is 6. The van der Waals surface area contributed by atoms with Crippen molar-refractivity contribution in [3.63, 3.8) is 0 Å². The fraction of sp³-hybridized carbons (Fsp3) is 0.296. The van der Waals surface area contributed by atoms with Crippen LogP contribution in [0, 0.1) is 0 Å². The van der Waals surface area contributed by atoms with Gasteiger partial charge in [0.1, 0.15) is 42.5 Å². The van der Waals surface area contributed by atoms with Crippen molar-refractivity contribution in [1.29, 1.82) is 0 Å². The maximum atomic E-state index is 13.3. The zero-order valence-electron chi connectivity index (χ0n) is 23.5. The minimum atomic E-state index is -1.63. The van der Waals surface area contributed by atoms with Gasteiger partial charge in [0, 0.05) is 30.4 Å². The number of amides is 1. The molecule has 1 atom stereocenters. The van der Waals surface area contributed by atoms with Crippen LogP contribution in [0.15, 0.2) is 72.2 Å². The molecule has 40 heavy (non-hydrogen) atoms. The lowest BCUT2D eigenvalue weighted by atomic mass is 10.1. The highest BCUT2D eigenvalue weighted by Gasteiger charge is 2.26. The molecule has 1 aromatic carbocycles. The van der Waals surface area contributed by atoms with Gasteiger partial charge in [-0.2, -0.15) is 4.40 Å². The van der Waals surface area contributed by atoms with Crippen LogP contribution in [-0.4, -0.2) is 52.2 Å². The topological polar surface area (TPSA) is 154 Å². The van der Waals surface area contributed by atoms with E-state index in [1.807, 2.05) is 41.5 Å². The largest absolute Gasteiger partial charge is 0.490 e. The Kier molecular flexibility index (Phi) is 10.1. The van der Waals surface area contributed by atoms with Crippen molar-refractivity contribution in [2.45, 2.75) is 47.1 Å². The molecule has 0 saturated carbocycles. The van der Waals surface area contributed by atoms with Gasteiger partial charge in [-0.25, -0.2) is 19.2 Å². The summed E-state index contributed by atoms with van der Waals surface area (Å²) in [5.41, 5.74) is 6.74. The number of nitrogens with one attached hydrogen (secondary N) is 2. The number of benzene rings is 1. The molecule has 212 valence electrons. The summed E-state index contributed by atoms with van der Waals surface area (Å²) in [6.45, 7) is 11.8. The molecular formula is C27H35N9O3S. The highest BCUT2D eigenvalue weighted by Crippen LogP contribution is 2.30. The summed E-state index contributed by atoms with van der Waals surface area (Å²) in [6.07, 6.45) is 10.00. The van der Waals surface area contributed by atoms with Gasteiger partial charge in [-0.1, -0.05) is 33.8 Å². The Hall–Kier alpha value is -4.52. The van der Waals surface area contributed by atoms with E-state index in [1.165, 1.54) is 0 Å². The molecule has 0 saturated heterocycles. The quantitative estimate of drug-likeness (QED) is 0.308. The summed E-state index contributed by atoms with van der Waals surface area (Å²) in [7, 11) is 0. The van der Waals surface area contributed by atoms with E-state index in [1.54, 1.807) is 76.9 Å². The number of imidazole rings is 2. The first-order valence-electron chi connectivity index (χ1n) is 12.9. The zero-order chi connectivity index (χ0) is 29.3. The third kappa shape index (κ3) is 7.11. The average Bonchev–Trinajstić information content (AvgIpc) is 3.69. The molecule has 0 spiro atoms. The predicted molar refractivity (Wildman–Crippen MR) is 157 cm³/mol. The molecule has 0 fully saturated rings. The fourth-order valence-electron chi connectivity index (χ4n) is 3.61. The van der Waals surface area contributed by atoms with E-state index in [0.29, 0.717) is 34.2 Å². The van der Waals surface area contributed by atoms with E-state index in [-0.39, 0.29) is 18.3 Å². The van der Waals surface area contributed by atoms with Gasteiger partial charge in [-0.3, -0.25) is 18.7 Å². The van der Waals surface area contributed by atoms with Crippen molar-refractivity contribution in [3.05, 3.63) is 78.9 Å². The number of nitrogens with two attached hydrogens (primary N) is 1. The fourth-order valence-corrected chi connectivity index (χ4v) is 4.29. The highest BCUT2D eigenvalue weighted by atomic mass is 32.2. The van der Waals surface area contributed by atoms with E-state index in [9.17, 15) is 9.00 Å². The lowest BCUT2D eigenvalue weighted by Gasteiger charge is -2.27. The SMILES string of the molecule is CC.CC.CC(C)(COc1cccc2c1C(N)=NS(=O)N2)NC(=O)c1cc(-n2ccnc2)nc(-n2ccnc2)c1. The second-order valence-electron chi connectivity index (χ2n) is 8.65. The number of carbonyl (C=O) groups is 1. The molecule has 1 aliphatic rings. The van der Waals surface area contributed by atoms with Crippen LogP contribution in [0.4, 0.5) is 5.69 Å². The average molecular weight is 566 g/mol. The first-order chi connectivity index (χ1) is 19.3. The van der Waals surface area contributed by atoms with Crippen molar-refractivity contribution in [2.24, 2.45) is 10.1 Å². The van der Waals surface area contributed by atoms with Crippen LogP contribution < -0.4 is 20.5 Å². The summed E-state index contributed by atoms with van der Waals surface area (Å²) in [5, 5.41) is 3.02. The van der Waals surface area contributed by atoms with Gasteiger partial charge in [0.05, 0.1) is 16.8 Å². The maximum Gasteiger partial charge on any atom is 0.252 e. The van der Waals surface area contributed by atoms with Gasteiger partial charge >= 0.3 is 0 Å². The first-order valence-corrected chi connectivity index (χ1v) is 14.0. The molecule has 0 aliphatic carbocycles. The normalized spacial score (nSPS) is 13.8. The standard InChI is InChI=1S/C23H23N9O3S.2C2H6/c1-23(2,12-35-17-5-3-4-16-20(17)21(24)30-36(34)29-16)28-22(33)15-10-18(31-8-6-25-13-31)27-19(11-15)32-9-7-26-14-32;2*1-2/h3-11,13-14,29H,12H2,1-2H3,(H2,24,30)(H,28,33);2*1-2H3. The number of hydrogen-bond donors (Lipinski definition) is 3. The van der Waals surface area contributed by atoms with Gasteiger partial charge < -0.3 is 15.8 Å². The van der Waals surface area contributed by atoms with Crippen LogP contribution in [-0.2, 0) is 11.2 Å². The van der Waals surface area contributed by atoms with E-state index >= 15 is 0 Å². The summed E-state index contributed by atoms with van der Waals surface area (Å²) in [5.74, 6) is 1.35. The van der Waals surface area contributed by atoms with Gasteiger partial charge in [0.15, 0.2) is 0 Å². The minimum Gasteiger partial charge on any atom is -0.490 e. The molecule has 4 N–H and O–H groups in total. The number of pyridine rings is 1. The van der Waals surface area contributed by atoms with E-state index < -0.39 is 16.7 Å². The summed E-state index contributed by atoms with van der Waals surface area (Å²) >= 11 is -1.63. The second-order valence-corrected chi connectivity index (χ2v) is 9.53. The molecule has 3 aromatic heterocycles. The lowest BCUT2D eigenvalue weighted by molar-refractivity contribution is 0.0880. The third-order valence-electron chi connectivity index (χ3n) is 5.30. The smallest absolute Gasteiger partial charge is 0.252 e. The van der Waals surface area contributed by atoms with Crippen LogP contribution in [0.25, 0.3) is 11.6 Å². The van der Waals surface area contributed by atoms with Crippen LogP contribution in [0.5, 0.6) is 5.75 Å². The molecule has 12 nitrogen and oxygen atoms in total. The van der Waals surface area contributed by atoms with Crippen molar-refractivity contribution in [1.82, 2.24) is 29.4 Å². The van der Waals surface area contributed by atoms with Gasteiger partial charge in [-0.05, 0) is 38.1 Å². The number of rotatable bonds is 7. The Morgan fingerprint density at radius 1 is 1.05 bits per heavy atom. The van der Waals surface area contributed by atoms with Gasteiger partial charge in [0.25, 0.3) is 5.91 Å². The van der Waals surface area contributed by atoms with Crippen molar-refractivity contribution < 1.29 is 13.7 Å². The number of aromatic nitrogens is 5. The number of carbonyl (C=O) groups excluding carboxylic acids is 1. The van der Waals surface area contributed by atoms with Crippen molar-refractivity contribution in [2.75, 3.05) is 11.3 Å². The van der Waals surface area contributed by atoms with E-state index in [0.717, 1.165) is 0 Å². The Balaban J connectivity index is 0.00000106. The number of anilines is 1. The third-order valence-corrected chi connectivity index (χ3v) is 6.06. The van der Waals surface area contributed by atoms with Crippen molar-refractivity contribution >= 4 is 28.6 Å². The summed E-state index contributed by atoms with van der Waals surface area (Å²) < 4.78 is 27.8. The monoisotopic (exact) mass is 565 g/mol. The molecule has 0 bridgehead atoms. The molecule has 1 unspecified atom stereocenters. The van der Waals surface area contributed by atoms with Crippen LogP contribution in [0.3, 0.4) is 0 Å². The molecule has 4 aromatic rings. The highest BCUT2D eigenvalue weighted by molar-refractivity contribution is 7.85. The van der Waals surface area contributed by atoms with Gasteiger partial charge in [0.2, 0.25) is 11.2 Å². The number of fused-ring (bicyclic) bond motifs is 1. The van der Waals surface area contributed by atoms with E-state index in [2.05, 4.69) is 29.4 Å². The lowest BCUT2D eigenvalue weighted by Crippen LogP contribution is -2.48. The van der Waals surface area contributed by atoms with Crippen molar-refractivity contribution in [3.8, 4) is 17.4 Å². The van der Waals surface area contributed by atoms with Crippen LogP contribution in [0.1, 0.15) is 57.5 Å². The first kappa shape index (κ1) is 30.0. The predicted octanol–water partition coefficient (Wildman–Crippen LogP) is 3.80. The van der Waals surface area contributed by atoms with Crippen LogP contribution in [0.2, 0.25) is 0 Å². The minimum absolute atomic E-state index is 0.121. The Labute approximate surface area is 236 Å². The zero-order valence-corrected chi connectivity index (χ0v) is 24.3. The second kappa shape index (κ2) is 13.5. The number of hydrogen-bond acceptors (Lipinski definition) is 7. The molecule has 13 heteroatoms. The Bertz CT molecular complexity index is 1410.